The molecule has 0 fully saturated rings. The van der Waals surface area contributed by atoms with Crippen LogP contribution in [0.2, 0.25) is 0 Å². The zero-order valence-electron chi connectivity index (χ0n) is 13.4. The van der Waals surface area contributed by atoms with Crippen molar-refractivity contribution in [3.63, 3.8) is 0 Å². The molecule has 2 N–H and O–H groups in total. The summed E-state index contributed by atoms with van der Waals surface area (Å²) in [5.74, 6) is -2.51. The van der Waals surface area contributed by atoms with E-state index in [1.165, 1.54) is 19.2 Å². The molecule has 0 saturated carbocycles. The van der Waals surface area contributed by atoms with Crippen LogP contribution in [-0.2, 0) is 11.3 Å². The minimum Gasteiger partial charge on any atom is -0.323 e. The fourth-order valence-electron chi connectivity index (χ4n) is 2.01. The second-order valence-corrected chi connectivity index (χ2v) is 5.87. The monoisotopic (exact) mass is 374 g/mol. The molecule has 0 saturated heterocycles. The van der Waals surface area contributed by atoms with Crippen molar-refractivity contribution in [2.24, 2.45) is 5.92 Å². The highest BCUT2D eigenvalue weighted by Crippen LogP contribution is 2.41. The number of carbonyl (C=O) groups excluding carboxylic acids is 1. The van der Waals surface area contributed by atoms with Crippen molar-refractivity contribution in [2.75, 3.05) is 0 Å². The number of halogens is 7. The zero-order valence-corrected chi connectivity index (χ0v) is 13.4. The average Bonchev–Trinajstić information content (AvgIpc) is 2.41. The Morgan fingerprint density at radius 1 is 1.00 bits per heavy atom. The van der Waals surface area contributed by atoms with Crippen LogP contribution in [0, 0.1) is 11.7 Å². The van der Waals surface area contributed by atoms with Gasteiger partial charge in [-0.25, -0.2) is 4.39 Å². The van der Waals surface area contributed by atoms with Gasteiger partial charge < -0.3 is 5.32 Å². The number of alkyl halides is 6. The normalized spacial score (nSPS) is 13.2. The molecule has 1 aromatic carbocycles. The van der Waals surface area contributed by atoms with E-state index in [-0.39, 0.29) is 5.56 Å². The van der Waals surface area contributed by atoms with E-state index >= 15 is 0 Å². The Balaban J connectivity index is 3.15. The minimum atomic E-state index is -5.85. The molecule has 0 unspecified atom stereocenters. The predicted octanol–water partition coefficient (Wildman–Crippen LogP) is 3.90. The Labute approximate surface area is 139 Å². The summed E-state index contributed by atoms with van der Waals surface area (Å²) in [7, 11) is 0. The highest BCUT2D eigenvalue weighted by Gasteiger charge is 2.72. The molecule has 142 valence electrons. The van der Waals surface area contributed by atoms with E-state index in [9.17, 15) is 35.5 Å². The van der Waals surface area contributed by atoms with Gasteiger partial charge >= 0.3 is 12.4 Å². The molecule has 1 aromatic rings. The first-order chi connectivity index (χ1) is 11.3. The molecular formula is C15H17F7N2O. The molecule has 0 spiro atoms. The summed E-state index contributed by atoms with van der Waals surface area (Å²) < 4.78 is 92.5. The number of benzene rings is 1. The molecule has 0 aromatic heterocycles. The first-order valence-corrected chi connectivity index (χ1v) is 7.22. The van der Waals surface area contributed by atoms with Crippen molar-refractivity contribution in [2.45, 2.75) is 44.8 Å². The maximum absolute atomic E-state index is 13.3. The SMILES string of the molecule is CC(C)CC(=O)NC(NCc1ccc(F)cc1)(C(F)(F)F)C(F)(F)F. The van der Waals surface area contributed by atoms with Crippen molar-refractivity contribution in [3.8, 4) is 0 Å². The molecule has 1 amide bonds. The Morgan fingerprint density at radius 2 is 1.48 bits per heavy atom. The molecule has 0 atom stereocenters. The van der Waals surface area contributed by atoms with Crippen LogP contribution in [0.4, 0.5) is 30.7 Å². The first kappa shape index (κ1) is 21.2. The number of hydrogen-bond donors (Lipinski definition) is 2. The van der Waals surface area contributed by atoms with Crippen LogP contribution in [0.5, 0.6) is 0 Å². The van der Waals surface area contributed by atoms with Gasteiger partial charge in [-0.15, -0.1) is 0 Å². The van der Waals surface area contributed by atoms with Crippen LogP contribution < -0.4 is 10.6 Å². The number of rotatable bonds is 6. The summed E-state index contributed by atoms with van der Waals surface area (Å²) in [6.45, 7) is 2.07. The van der Waals surface area contributed by atoms with E-state index in [1.54, 1.807) is 0 Å². The molecule has 0 heterocycles. The molecule has 0 bridgehead atoms. The van der Waals surface area contributed by atoms with Gasteiger partial charge in [0.2, 0.25) is 5.91 Å². The van der Waals surface area contributed by atoms with Gasteiger partial charge in [0.1, 0.15) is 5.82 Å². The van der Waals surface area contributed by atoms with E-state index in [2.05, 4.69) is 0 Å². The lowest BCUT2D eigenvalue weighted by Crippen LogP contribution is -2.75. The summed E-state index contributed by atoms with van der Waals surface area (Å²) >= 11 is 0. The highest BCUT2D eigenvalue weighted by atomic mass is 19.4. The van der Waals surface area contributed by atoms with Crippen LogP contribution >= 0.6 is 0 Å². The van der Waals surface area contributed by atoms with E-state index in [4.69, 9.17) is 0 Å². The lowest BCUT2D eigenvalue weighted by molar-refractivity contribution is -0.316. The number of amides is 1. The molecule has 10 heteroatoms. The van der Waals surface area contributed by atoms with Gasteiger partial charge in [-0.2, -0.15) is 26.3 Å². The average molecular weight is 374 g/mol. The quantitative estimate of drug-likeness (QED) is 0.586. The Bertz CT molecular complexity index is 565. The van der Waals surface area contributed by atoms with Crippen LogP contribution in [-0.4, -0.2) is 23.9 Å². The van der Waals surface area contributed by atoms with E-state index < -0.39 is 48.6 Å². The molecule has 0 aliphatic carbocycles. The molecular weight excluding hydrogens is 357 g/mol. The van der Waals surface area contributed by atoms with E-state index in [0.717, 1.165) is 29.6 Å². The summed E-state index contributed by atoms with van der Waals surface area (Å²) in [6.07, 6.45) is -12.2. The molecule has 0 radical (unpaired) electrons. The smallest absolute Gasteiger partial charge is 0.323 e. The topological polar surface area (TPSA) is 41.1 Å². The standard InChI is InChI=1S/C15H17F7N2O/c1-9(2)7-12(25)24-13(14(17,18)19,15(20,21)22)23-8-10-3-5-11(16)6-4-10/h3-6,9,23H,7-8H2,1-2H3,(H,24,25). The second-order valence-electron chi connectivity index (χ2n) is 5.87. The van der Waals surface area contributed by atoms with E-state index in [0.29, 0.717) is 0 Å². The maximum Gasteiger partial charge on any atom is 0.434 e. The third-order valence-corrected chi connectivity index (χ3v) is 3.24. The van der Waals surface area contributed by atoms with Crippen molar-refractivity contribution in [1.82, 2.24) is 10.6 Å². The minimum absolute atomic E-state index is 0.0163. The Morgan fingerprint density at radius 3 is 1.88 bits per heavy atom. The number of hydrogen-bond acceptors (Lipinski definition) is 2. The molecule has 0 aliphatic heterocycles. The third-order valence-electron chi connectivity index (χ3n) is 3.24. The fraction of sp³-hybridized carbons (Fsp3) is 0.533. The number of nitrogens with one attached hydrogen (secondary N) is 2. The Kier molecular flexibility index (Phi) is 6.44. The van der Waals surface area contributed by atoms with Gasteiger partial charge in [0.15, 0.2) is 0 Å². The molecule has 1 rings (SSSR count). The maximum atomic E-state index is 13.3. The van der Waals surface area contributed by atoms with Crippen LogP contribution in [0.1, 0.15) is 25.8 Å². The van der Waals surface area contributed by atoms with Crippen molar-refractivity contribution < 1.29 is 35.5 Å². The fourth-order valence-corrected chi connectivity index (χ4v) is 2.01. The van der Waals surface area contributed by atoms with Crippen molar-refractivity contribution in [3.05, 3.63) is 35.6 Å². The molecule has 0 aliphatic rings. The summed E-state index contributed by atoms with van der Waals surface area (Å²) in [6, 6.07) is 3.87. The van der Waals surface area contributed by atoms with Gasteiger partial charge in [0.05, 0.1) is 0 Å². The second kappa shape index (κ2) is 7.59. The van der Waals surface area contributed by atoms with Gasteiger partial charge in [0, 0.05) is 13.0 Å². The number of carbonyl (C=O) groups is 1. The third kappa shape index (κ3) is 5.32. The van der Waals surface area contributed by atoms with Crippen molar-refractivity contribution >= 4 is 5.91 Å². The van der Waals surface area contributed by atoms with Gasteiger partial charge in [-0.05, 0) is 23.6 Å². The summed E-state index contributed by atoms with van der Waals surface area (Å²) in [4.78, 5) is 11.6. The van der Waals surface area contributed by atoms with Crippen LogP contribution in [0.15, 0.2) is 24.3 Å². The lowest BCUT2D eigenvalue weighted by Gasteiger charge is -2.38. The van der Waals surface area contributed by atoms with Gasteiger partial charge in [0.25, 0.3) is 5.66 Å². The van der Waals surface area contributed by atoms with Crippen LogP contribution in [0.3, 0.4) is 0 Å². The Hall–Kier alpha value is -1.84. The highest BCUT2D eigenvalue weighted by molar-refractivity contribution is 5.77. The molecule has 3 nitrogen and oxygen atoms in total. The van der Waals surface area contributed by atoms with E-state index in [1.807, 2.05) is 0 Å². The predicted molar refractivity (Wildman–Crippen MR) is 75.7 cm³/mol. The van der Waals surface area contributed by atoms with Crippen LogP contribution in [0.25, 0.3) is 0 Å². The summed E-state index contributed by atoms with van der Waals surface area (Å²) in [5, 5.41) is 2.40. The largest absolute Gasteiger partial charge is 0.434 e. The zero-order chi connectivity index (χ0) is 19.5. The molecule has 25 heavy (non-hydrogen) atoms. The summed E-state index contributed by atoms with van der Waals surface area (Å²) in [5.41, 5.74) is -4.63. The van der Waals surface area contributed by atoms with Gasteiger partial charge in [-0.3, -0.25) is 10.1 Å². The first-order valence-electron chi connectivity index (χ1n) is 7.22. The van der Waals surface area contributed by atoms with Crippen molar-refractivity contribution in [1.29, 1.82) is 0 Å². The van der Waals surface area contributed by atoms with Gasteiger partial charge in [-0.1, -0.05) is 26.0 Å². The lowest BCUT2D eigenvalue weighted by atomic mass is 10.1.